The lowest BCUT2D eigenvalue weighted by Gasteiger charge is -2.39. The molecule has 53 heavy (non-hydrogen) atoms. The van der Waals surface area contributed by atoms with E-state index in [1.807, 2.05) is 68.6 Å². The summed E-state index contributed by atoms with van der Waals surface area (Å²) in [5, 5.41) is 16.1. The van der Waals surface area contributed by atoms with Gasteiger partial charge in [-0.05, 0) is 77.5 Å². The molecule has 13 heteroatoms. The summed E-state index contributed by atoms with van der Waals surface area (Å²) in [5.41, 5.74) is 2.65. The van der Waals surface area contributed by atoms with Gasteiger partial charge in [0.2, 0.25) is 0 Å². The lowest BCUT2D eigenvalue weighted by molar-refractivity contribution is 0.00567. The van der Waals surface area contributed by atoms with E-state index in [4.69, 9.17) is 29.3 Å². The van der Waals surface area contributed by atoms with Crippen molar-refractivity contribution in [3.05, 3.63) is 42.0 Å². The molecule has 1 amide bonds. The Hall–Kier alpha value is -2.85. The Morgan fingerprint density at radius 1 is 0.925 bits per heavy atom. The summed E-state index contributed by atoms with van der Waals surface area (Å²) in [6.45, 7) is 26.1. The van der Waals surface area contributed by atoms with Gasteiger partial charge in [0.15, 0.2) is 5.65 Å². The number of hydrogen-bond acceptors (Lipinski definition) is 9. The Labute approximate surface area is 319 Å². The maximum Gasteiger partial charge on any atom is 0.410 e. The quantitative estimate of drug-likeness (QED) is 0.0868. The Bertz CT molecular complexity index is 1640. The minimum Gasteiger partial charge on any atom is -0.444 e. The van der Waals surface area contributed by atoms with Crippen molar-refractivity contribution >= 4 is 33.7 Å². The number of hydrogen-bond donors (Lipinski definition) is 1. The largest absolute Gasteiger partial charge is 0.444 e. The number of pyridine rings is 1. The first kappa shape index (κ1) is 41.3. The van der Waals surface area contributed by atoms with E-state index in [9.17, 15) is 9.90 Å². The topological polar surface area (TPSA) is 115 Å². The van der Waals surface area contributed by atoms with Gasteiger partial charge in [0.25, 0.3) is 0 Å². The average Bonchev–Trinajstić information content (AvgIpc) is 3.63. The molecule has 3 atom stereocenters. The van der Waals surface area contributed by atoms with Crippen LogP contribution in [0.2, 0.25) is 51.4 Å². The summed E-state index contributed by atoms with van der Waals surface area (Å²) in [5.74, 6) is 1.03. The van der Waals surface area contributed by atoms with E-state index >= 15 is 0 Å². The van der Waals surface area contributed by atoms with Gasteiger partial charge in [0, 0.05) is 76.4 Å². The number of carbonyl (C=O) groups is 1. The molecule has 0 aromatic carbocycles. The zero-order valence-corrected chi connectivity index (χ0v) is 36.4. The fraction of sp³-hybridized carbons (Fsp3) is 0.700. The second kappa shape index (κ2) is 16.5. The number of rotatable bonds is 16. The molecule has 5 rings (SSSR count). The van der Waals surface area contributed by atoms with Crippen molar-refractivity contribution in [3.8, 4) is 11.1 Å². The van der Waals surface area contributed by atoms with E-state index < -0.39 is 27.3 Å². The van der Waals surface area contributed by atoms with Crippen LogP contribution >= 0.6 is 0 Å². The summed E-state index contributed by atoms with van der Waals surface area (Å²) in [4.78, 5) is 27.6. The minimum absolute atomic E-state index is 0.109. The molecule has 2 aliphatic rings. The van der Waals surface area contributed by atoms with E-state index in [2.05, 4.69) is 50.2 Å². The van der Waals surface area contributed by atoms with E-state index in [1.165, 1.54) is 0 Å². The Morgan fingerprint density at radius 3 is 2.00 bits per heavy atom. The summed E-state index contributed by atoms with van der Waals surface area (Å²) in [6.07, 6.45) is 8.24. The number of fused-ring (bicyclic) bond motifs is 3. The summed E-state index contributed by atoms with van der Waals surface area (Å²) < 4.78 is 20.5. The van der Waals surface area contributed by atoms with Crippen LogP contribution in [-0.4, -0.2) is 96.2 Å². The van der Waals surface area contributed by atoms with Crippen molar-refractivity contribution in [1.82, 2.24) is 24.5 Å². The number of anilines is 1. The molecule has 2 fully saturated rings. The van der Waals surface area contributed by atoms with Crippen molar-refractivity contribution < 1.29 is 24.1 Å². The van der Waals surface area contributed by atoms with Crippen LogP contribution in [0.15, 0.2) is 30.6 Å². The fourth-order valence-electron chi connectivity index (χ4n) is 7.35. The molecule has 3 aromatic heterocycles. The van der Waals surface area contributed by atoms with E-state index in [0.29, 0.717) is 45.2 Å². The van der Waals surface area contributed by atoms with Crippen LogP contribution in [0, 0.1) is 0 Å². The highest BCUT2D eigenvalue weighted by atomic mass is 28.3. The standard InChI is InChI=1S/C40H66N6O5Si2/c1-12-40(48,13-2)35-17-14-29(25-41-35)33-26-42-46-36(44(27-49-18-20-52(6,7)8)28-50-19-21-53(9,10)11)24-34(43-37(33)46)30-22-31-15-16-32(23-30)45(31)38(47)51-39(3,4)5/h14,17,24-26,30-32,48H,12-13,15-16,18-23,27-28H2,1-11H3/t30?,31-,32+. The number of aromatic nitrogens is 4. The number of ether oxygens (including phenoxy) is 3. The van der Waals surface area contributed by atoms with Crippen molar-refractivity contribution in [2.45, 2.75) is 154 Å². The summed E-state index contributed by atoms with van der Waals surface area (Å²) in [6, 6.07) is 8.48. The number of amides is 1. The molecule has 0 aliphatic carbocycles. The highest BCUT2D eigenvalue weighted by Crippen LogP contribution is 2.44. The molecule has 3 aromatic rings. The van der Waals surface area contributed by atoms with Crippen LogP contribution in [-0.2, 0) is 19.8 Å². The molecule has 5 heterocycles. The highest BCUT2D eigenvalue weighted by Gasteiger charge is 2.45. The van der Waals surface area contributed by atoms with Crippen LogP contribution in [0.4, 0.5) is 10.6 Å². The average molecular weight is 767 g/mol. The van der Waals surface area contributed by atoms with E-state index in [0.717, 1.165) is 66.1 Å². The van der Waals surface area contributed by atoms with Gasteiger partial charge < -0.3 is 29.1 Å². The smallest absolute Gasteiger partial charge is 0.410 e. The van der Waals surface area contributed by atoms with Gasteiger partial charge in [-0.3, -0.25) is 4.98 Å². The van der Waals surface area contributed by atoms with Gasteiger partial charge in [-0.15, -0.1) is 0 Å². The van der Waals surface area contributed by atoms with Crippen LogP contribution in [0.1, 0.15) is 90.4 Å². The fourth-order valence-corrected chi connectivity index (χ4v) is 8.86. The number of piperidine rings is 1. The van der Waals surface area contributed by atoms with E-state index in [1.54, 1.807) is 0 Å². The lowest BCUT2D eigenvalue weighted by Crippen LogP contribution is -2.48. The van der Waals surface area contributed by atoms with E-state index in [-0.39, 0.29) is 24.1 Å². The van der Waals surface area contributed by atoms with Crippen LogP contribution in [0.3, 0.4) is 0 Å². The van der Waals surface area contributed by atoms with Crippen molar-refractivity contribution in [1.29, 1.82) is 0 Å². The van der Waals surface area contributed by atoms with Crippen molar-refractivity contribution in [3.63, 3.8) is 0 Å². The molecule has 0 saturated carbocycles. The number of aliphatic hydroxyl groups is 1. The third-order valence-electron chi connectivity index (χ3n) is 10.8. The van der Waals surface area contributed by atoms with Crippen molar-refractivity contribution in [2.24, 2.45) is 0 Å². The Balaban J connectivity index is 1.54. The maximum absolute atomic E-state index is 13.3. The van der Waals surface area contributed by atoms with Crippen LogP contribution < -0.4 is 4.90 Å². The van der Waals surface area contributed by atoms with Gasteiger partial charge in [-0.25, -0.2) is 9.78 Å². The lowest BCUT2D eigenvalue weighted by atomic mass is 9.88. The summed E-state index contributed by atoms with van der Waals surface area (Å²) >= 11 is 0. The molecule has 11 nitrogen and oxygen atoms in total. The monoisotopic (exact) mass is 766 g/mol. The Kier molecular flexibility index (Phi) is 12.9. The zero-order valence-electron chi connectivity index (χ0n) is 34.4. The molecule has 294 valence electrons. The Morgan fingerprint density at radius 2 is 1.51 bits per heavy atom. The third kappa shape index (κ3) is 10.5. The SMILES string of the molecule is CCC(O)(CC)c1ccc(-c2cnn3c(N(COCC[Si](C)(C)C)COCC[Si](C)(C)C)cc(C4C[C@H]5CC[C@@H](C4)N5C(=O)OC(C)(C)C)nc23)cn1. The summed E-state index contributed by atoms with van der Waals surface area (Å²) in [7, 11) is -2.56. The highest BCUT2D eigenvalue weighted by molar-refractivity contribution is 6.76. The van der Waals surface area contributed by atoms with Gasteiger partial charge in [0.05, 0.1) is 11.9 Å². The van der Waals surface area contributed by atoms with Crippen LogP contribution in [0.25, 0.3) is 16.8 Å². The number of carbonyl (C=O) groups excluding carboxylic acids is 1. The third-order valence-corrected chi connectivity index (χ3v) is 14.2. The number of nitrogens with zero attached hydrogens (tertiary/aromatic N) is 6. The predicted molar refractivity (Wildman–Crippen MR) is 218 cm³/mol. The molecule has 2 aliphatic heterocycles. The molecule has 0 spiro atoms. The maximum atomic E-state index is 13.3. The van der Waals surface area contributed by atoms with Gasteiger partial charge in [-0.2, -0.15) is 9.61 Å². The second-order valence-electron chi connectivity index (χ2n) is 18.7. The first-order valence-electron chi connectivity index (χ1n) is 19.8. The van der Waals surface area contributed by atoms with Gasteiger partial charge in [0.1, 0.15) is 30.5 Å². The molecule has 0 radical (unpaired) electrons. The predicted octanol–water partition coefficient (Wildman–Crippen LogP) is 8.88. The zero-order chi connectivity index (χ0) is 38.8. The molecule has 2 saturated heterocycles. The van der Waals surface area contributed by atoms with Crippen molar-refractivity contribution in [2.75, 3.05) is 31.6 Å². The first-order chi connectivity index (χ1) is 24.8. The molecule has 1 N–H and O–H groups in total. The van der Waals surface area contributed by atoms with Gasteiger partial charge >= 0.3 is 6.09 Å². The molecule has 1 unspecified atom stereocenters. The van der Waals surface area contributed by atoms with Crippen LogP contribution in [0.5, 0.6) is 0 Å². The molecular weight excluding hydrogens is 701 g/mol. The second-order valence-corrected chi connectivity index (χ2v) is 29.9. The van der Waals surface area contributed by atoms with Gasteiger partial charge in [-0.1, -0.05) is 59.2 Å². The molecular formula is C40H66N6O5Si2. The normalized spacial score (nSPS) is 19.6. The molecule has 2 bridgehead atoms. The first-order valence-corrected chi connectivity index (χ1v) is 27.2. The minimum atomic E-state index is -1.28.